The Kier molecular flexibility index (Phi) is 6.15. The molecule has 5 rings (SSSR count). The van der Waals surface area contributed by atoms with Crippen LogP contribution in [0, 0.1) is 18.8 Å². The van der Waals surface area contributed by atoms with Gasteiger partial charge in [-0.2, -0.15) is 0 Å². The predicted molar refractivity (Wildman–Crippen MR) is 134 cm³/mol. The molecule has 0 bridgehead atoms. The van der Waals surface area contributed by atoms with Gasteiger partial charge in [-0.1, -0.05) is 23.8 Å². The molecule has 3 aliphatic rings. The monoisotopic (exact) mass is 506 g/mol. The van der Waals surface area contributed by atoms with Gasteiger partial charge in [0.15, 0.2) is 11.5 Å². The summed E-state index contributed by atoms with van der Waals surface area (Å²) in [5, 5.41) is 6.21. The number of rotatable bonds is 8. The molecular formula is C27H30N4O6. The van der Waals surface area contributed by atoms with Gasteiger partial charge >= 0.3 is 0 Å². The van der Waals surface area contributed by atoms with E-state index >= 15 is 0 Å². The first-order chi connectivity index (χ1) is 17.7. The van der Waals surface area contributed by atoms with Gasteiger partial charge < -0.3 is 20.5 Å². The van der Waals surface area contributed by atoms with Crippen molar-refractivity contribution in [3.8, 4) is 11.5 Å². The molecule has 2 aromatic carbocycles. The number of carbonyl (C=O) groups excluding carboxylic acids is 4. The number of amides is 4. The third-order valence-corrected chi connectivity index (χ3v) is 7.74. The fourth-order valence-corrected chi connectivity index (χ4v) is 6.02. The number of methoxy groups -OCH3 is 2. The van der Waals surface area contributed by atoms with Crippen LogP contribution in [0.3, 0.4) is 0 Å². The van der Waals surface area contributed by atoms with Gasteiger partial charge in [0.1, 0.15) is 5.54 Å². The van der Waals surface area contributed by atoms with E-state index in [1.165, 1.54) is 4.90 Å². The Morgan fingerprint density at radius 3 is 2.51 bits per heavy atom. The number of carbonyl (C=O) groups is 4. The number of likely N-dealkylation sites (tertiary alicyclic amines) is 1. The van der Waals surface area contributed by atoms with Gasteiger partial charge in [-0.3, -0.25) is 29.4 Å². The van der Waals surface area contributed by atoms with Crippen molar-refractivity contribution in [3.05, 3.63) is 53.1 Å². The Morgan fingerprint density at radius 2 is 1.81 bits per heavy atom. The van der Waals surface area contributed by atoms with E-state index in [4.69, 9.17) is 15.2 Å². The number of ether oxygens (including phenoxy) is 2. The standard InChI is InChI=1S/C27H30N4O6/c1-14-4-6-17-16(12-14)27(26(35)29-17)23-22(18(30-27)7-9-21(28)32)24(33)31(25(23)34)11-10-15-5-8-19(36-2)20(13-15)37-3/h4-6,8,12-13,18,22-23,30H,7,9-11H2,1-3H3,(H2,28,32)(H,29,35)/t18-,22+,23+,27-/m0/s1. The van der Waals surface area contributed by atoms with E-state index < -0.39 is 35.2 Å². The molecule has 2 aromatic rings. The summed E-state index contributed by atoms with van der Waals surface area (Å²) in [5.74, 6) is -2.18. The van der Waals surface area contributed by atoms with Crippen molar-refractivity contribution in [2.24, 2.45) is 17.6 Å². The zero-order valence-corrected chi connectivity index (χ0v) is 21.0. The van der Waals surface area contributed by atoms with Gasteiger partial charge in [0.2, 0.25) is 23.6 Å². The number of anilines is 1. The third kappa shape index (κ3) is 3.83. The first kappa shape index (κ1) is 24.8. The Bertz CT molecular complexity index is 1310. The van der Waals surface area contributed by atoms with E-state index in [2.05, 4.69) is 10.6 Å². The minimum atomic E-state index is -1.39. The van der Waals surface area contributed by atoms with E-state index in [0.717, 1.165) is 11.1 Å². The first-order valence-electron chi connectivity index (χ1n) is 12.3. The van der Waals surface area contributed by atoms with Crippen LogP contribution in [-0.2, 0) is 31.1 Å². The lowest BCUT2D eigenvalue weighted by Gasteiger charge is -2.29. The second-order valence-electron chi connectivity index (χ2n) is 9.84. The fourth-order valence-electron chi connectivity index (χ4n) is 6.02. The summed E-state index contributed by atoms with van der Waals surface area (Å²) in [7, 11) is 3.09. The number of nitrogens with one attached hydrogen (secondary N) is 2. The molecule has 10 nitrogen and oxygen atoms in total. The molecule has 4 N–H and O–H groups in total. The smallest absolute Gasteiger partial charge is 0.250 e. The number of benzene rings is 2. The van der Waals surface area contributed by atoms with E-state index in [1.807, 2.05) is 31.2 Å². The SMILES string of the molecule is COc1ccc(CCN2C(=O)[C@@H]3[C@H](CCC(N)=O)N[C@]4(C(=O)Nc5ccc(C)cc54)[C@H]3C2=O)cc1OC. The Labute approximate surface area is 214 Å². The molecule has 0 saturated carbocycles. The number of aryl methyl sites for hydroxylation is 1. The van der Waals surface area contributed by atoms with Crippen molar-refractivity contribution in [2.75, 3.05) is 26.1 Å². The van der Waals surface area contributed by atoms with Crippen LogP contribution in [0.15, 0.2) is 36.4 Å². The molecule has 1 spiro atoms. The number of imide groups is 1. The fraction of sp³-hybridized carbons (Fsp3) is 0.407. The molecule has 0 aromatic heterocycles. The summed E-state index contributed by atoms with van der Waals surface area (Å²) in [6.45, 7) is 2.06. The van der Waals surface area contributed by atoms with Crippen molar-refractivity contribution in [1.82, 2.24) is 10.2 Å². The maximum absolute atomic E-state index is 13.9. The lowest BCUT2D eigenvalue weighted by atomic mass is 9.76. The Morgan fingerprint density at radius 1 is 1.05 bits per heavy atom. The first-order valence-corrected chi connectivity index (χ1v) is 12.3. The average molecular weight is 507 g/mol. The topological polar surface area (TPSA) is 140 Å². The second-order valence-corrected chi connectivity index (χ2v) is 9.84. The van der Waals surface area contributed by atoms with Gasteiger partial charge in [-0.05, 0) is 43.5 Å². The molecular weight excluding hydrogens is 476 g/mol. The van der Waals surface area contributed by atoms with E-state index in [0.29, 0.717) is 29.2 Å². The third-order valence-electron chi connectivity index (χ3n) is 7.74. The number of nitrogens with two attached hydrogens (primary N) is 1. The molecule has 4 atom stereocenters. The van der Waals surface area contributed by atoms with Crippen molar-refractivity contribution in [3.63, 3.8) is 0 Å². The predicted octanol–water partition coefficient (Wildman–Crippen LogP) is 1.24. The molecule has 4 amide bonds. The minimum Gasteiger partial charge on any atom is -0.493 e. The summed E-state index contributed by atoms with van der Waals surface area (Å²) in [4.78, 5) is 53.9. The maximum atomic E-state index is 13.9. The maximum Gasteiger partial charge on any atom is 0.250 e. The molecule has 0 radical (unpaired) electrons. The minimum absolute atomic E-state index is 0.0341. The van der Waals surface area contributed by atoms with Gasteiger partial charge in [-0.15, -0.1) is 0 Å². The summed E-state index contributed by atoms with van der Waals surface area (Å²) >= 11 is 0. The second kappa shape index (κ2) is 9.19. The van der Waals surface area contributed by atoms with E-state index in [-0.39, 0.29) is 31.2 Å². The van der Waals surface area contributed by atoms with Crippen molar-refractivity contribution < 1.29 is 28.7 Å². The molecule has 10 heteroatoms. The molecule has 2 saturated heterocycles. The highest BCUT2D eigenvalue weighted by Crippen LogP contribution is 2.53. The normalized spacial score (nSPS) is 25.9. The van der Waals surface area contributed by atoms with Gasteiger partial charge in [0, 0.05) is 30.3 Å². The Hall–Kier alpha value is -3.92. The molecule has 2 fully saturated rings. The number of hydrogen-bond donors (Lipinski definition) is 3. The molecule has 3 aliphatic heterocycles. The van der Waals surface area contributed by atoms with Crippen molar-refractivity contribution >= 4 is 29.3 Å². The number of hydrogen-bond acceptors (Lipinski definition) is 7. The number of nitrogens with zero attached hydrogens (tertiary/aromatic N) is 1. The van der Waals surface area contributed by atoms with Crippen LogP contribution < -0.4 is 25.8 Å². The van der Waals surface area contributed by atoms with Crippen LogP contribution in [0.25, 0.3) is 0 Å². The van der Waals surface area contributed by atoms with Crippen LogP contribution in [0.2, 0.25) is 0 Å². The van der Waals surface area contributed by atoms with Crippen molar-refractivity contribution in [1.29, 1.82) is 0 Å². The highest BCUT2D eigenvalue weighted by Gasteiger charge is 2.70. The highest BCUT2D eigenvalue weighted by molar-refractivity contribution is 6.15. The summed E-state index contributed by atoms with van der Waals surface area (Å²) in [6.07, 6.45) is 0.688. The van der Waals surface area contributed by atoms with Crippen LogP contribution in [0.1, 0.15) is 29.5 Å². The Balaban J connectivity index is 1.48. The van der Waals surface area contributed by atoms with Gasteiger partial charge in [0.25, 0.3) is 0 Å². The zero-order chi connectivity index (χ0) is 26.5. The number of primary amides is 1. The van der Waals surface area contributed by atoms with Crippen LogP contribution in [0.4, 0.5) is 5.69 Å². The van der Waals surface area contributed by atoms with Crippen LogP contribution in [0.5, 0.6) is 11.5 Å². The lowest BCUT2D eigenvalue weighted by molar-refractivity contribution is -0.142. The zero-order valence-electron chi connectivity index (χ0n) is 21.0. The van der Waals surface area contributed by atoms with Gasteiger partial charge in [0.05, 0.1) is 26.1 Å². The number of fused-ring (bicyclic) bond motifs is 4. The molecule has 0 aliphatic carbocycles. The van der Waals surface area contributed by atoms with Crippen LogP contribution >= 0.6 is 0 Å². The molecule has 37 heavy (non-hydrogen) atoms. The molecule has 0 unspecified atom stereocenters. The summed E-state index contributed by atoms with van der Waals surface area (Å²) in [5.41, 5.74) is 7.06. The molecule has 194 valence electrons. The summed E-state index contributed by atoms with van der Waals surface area (Å²) in [6, 6.07) is 10.4. The van der Waals surface area contributed by atoms with Crippen molar-refractivity contribution in [2.45, 2.75) is 37.8 Å². The largest absolute Gasteiger partial charge is 0.493 e. The average Bonchev–Trinajstić information content (AvgIpc) is 3.45. The van der Waals surface area contributed by atoms with Crippen LogP contribution in [-0.4, -0.2) is 55.3 Å². The van der Waals surface area contributed by atoms with Gasteiger partial charge in [-0.25, -0.2) is 0 Å². The molecule has 3 heterocycles. The van der Waals surface area contributed by atoms with E-state index in [1.54, 1.807) is 26.4 Å². The summed E-state index contributed by atoms with van der Waals surface area (Å²) < 4.78 is 10.7. The lowest BCUT2D eigenvalue weighted by Crippen LogP contribution is -2.53. The quantitative estimate of drug-likeness (QED) is 0.458. The van der Waals surface area contributed by atoms with E-state index in [9.17, 15) is 19.2 Å². The highest BCUT2D eigenvalue weighted by atomic mass is 16.5.